The zero-order valence-corrected chi connectivity index (χ0v) is 12.0. The standard InChI is InChI=1S/C11H18BrNOS/c1-10(2,3)13-7-11(4,14)8-5-15-6-9(8)12/h5-6,13-14H,7H2,1-4H3. The number of halogens is 1. The normalized spacial score (nSPS) is 16.4. The van der Waals surface area contributed by atoms with E-state index >= 15 is 0 Å². The second-order valence-electron chi connectivity index (χ2n) is 5.01. The summed E-state index contributed by atoms with van der Waals surface area (Å²) in [5.41, 5.74) is 0.141. The molecule has 0 radical (unpaired) electrons. The second kappa shape index (κ2) is 4.53. The number of hydrogen-bond donors (Lipinski definition) is 2. The third-order valence-electron chi connectivity index (χ3n) is 2.16. The van der Waals surface area contributed by atoms with E-state index in [0.29, 0.717) is 6.54 Å². The van der Waals surface area contributed by atoms with Gasteiger partial charge in [-0.15, -0.1) is 0 Å². The second-order valence-corrected chi connectivity index (χ2v) is 6.61. The highest BCUT2D eigenvalue weighted by Crippen LogP contribution is 2.31. The summed E-state index contributed by atoms with van der Waals surface area (Å²) in [5, 5.41) is 17.6. The Labute approximate surface area is 104 Å². The molecule has 0 saturated heterocycles. The molecule has 15 heavy (non-hydrogen) atoms. The maximum Gasteiger partial charge on any atom is 0.101 e. The number of hydrogen-bond acceptors (Lipinski definition) is 3. The van der Waals surface area contributed by atoms with Gasteiger partial charge in [-0.25, -0.2) is 0 Å². The molecule has 2 nitrogen and oxygen atoms in total. The van der Waals surface area contributed by atoms with E-state index < -0.39 is 5.60 Å². The van der Waals surface area contributed by atoms with Crippen LogP contribution in [0.2, 0.25) is 0 Å². The molecule has 0 aliphatic rings. The molecule has 1 aromatic heterocycles. The van der Waals surface area contributed by atoms with E-state index in [0.717, 1.165) is 10.0 Å². The monoisotopic (exact) mass is 291 g/mol. The minimum absolute atomic E-state index is 0.0203. The van der Waals surface area contributed by atoms with Crippen molar-refractivity contribution < 1.29 is 5.11 Å². The number of nitrogens with one attached hydrogen (secondary N) is 1. The summed E-state index contributed by atoms with van der Waals surface area (Å²) < 4.78 is 0.980. The fraction of sp³-hybridized carbons (Fsp3) is 0.636. The SMILES string of the molecule is CC(C)(C)NCC(C)(O)c1cscc1Br. The summed E-state index contributed by atoms with van der Waals surface area (Å²) in [6.45, 7) is 8.65. The third kappa shape index (κ3) is 3.87. The highest BCUT2D eigenvalue weighted by molar-refractivity contribution is 9.10. The van der Waals surface area contributed by atoms with Crippen LogP contribution in [0.3, 0.4) is 0 Å². The molecule has 1 unspecified atom stereocenters. The minimum atomic E-state index is -0.827. The van der Waals surface area contributed by atoms with Crippen molar-refractivity contribution in [1.29, 1.82) is 0 Å². The molecule has 1 atom stereocenters. The Morgan fingerprint density at radius 1 is 1.33 bits per heavy atom. The van der Waals surface area contributed by atoms with Crippen molar-refractivity contribution >= 4 is 27.3 Å². The van der Waals surface area contributed by atoms with Crippen molar-refractivity contribution in [2.75, 3.05) is 6.54 Å². The molecule has 2 N–H and O–H groups in total. The van der Waals surface area contributed by atoms with Crippen LogP contribution in [0.5, 0.6) is 0 Å². The third-order valence-corrected chi connectivity index (χ3v) is 3.86. The summed E-state index contributed by atoms with van der Waals surface area (Å²) in [4.78, 5) is 0. The molecule has 1 heterocycles. The van der Waals surface area contributed by atoms with Gasteiger partial charge in [-0.05, 0) is 49.0 Å². The van der Waals surface area contributed by atoms with Crippen LogP contribution in [0.15, 0.2) is 15.2 Å². The van der Waals surface area contributed by atoms with Crippen LogP contribution in [0, 0.1) is 0 Å². The van der Waals surface area contributed by atoms with Crippen molar-refractivity contribution in [2.45, 2.75) is 38.8 Å². The number of rotatable bonds is 3. The van der Waals surface area contributed by atoms with Gasteiger partial charge in [0.25, 0.3) is 0 Å². The fourth-order valence-corrected chi connectivity index (χ4v) is 3.05. The zero-order valence-electron chi connectivity index (χ0n) is 9.60. The first kappa shape index (κ1) is 13.2. The van der Waals surface area contributed by atoms with E-state index in [1.807, 2.05) is 17.7 Å². The van der Waals surface area contributed by atoms with E-state index in [2.05, 4.69) is 42.0 Å². The first-order valence-electron chi connectivity index (χ1n) is 4.92. The first-order valence-corrected chi connectivity index (χ1v) is 6.65. The largest absolute Gasteiger partial charge is 0.384 e. The maximum atomic E-state index is 10.3. The van der Waals surface area contributed by atoms with Crippen molar-refractivity contribution in [2.24, 2.45) is 0 Å². The van der Waals surface area contributed by atoms with E-state index in [-0.39, 0.29) is 5.54 Å². The Hall–Kier alpha value is 0.100. The maximum absolute atomic E-state index is 10.3. The zero-order chi connectivity index (χ0) is 11.7. The summed E-state index contributed by atoms with van der Waals surface area (Å²) in [5.74, 6) is 0. The minimum Gasteiger partial charge on any atom is -0.384 e. The van der Waals surface area contributed by atoms with Gasteiger partial charge < -0.3 is 10.4 Å². The van der Waals surface area contributed by atoms with Crippen molar-refractivity contribution in [3.63, 3.8) is 0 Å². The molecule has 1 rings (SSSR count). The van der Waals surface area contributed by atoms with Crippen LogP contribution in [-0.4, -0.2) is 17.2 Å². The van der Waals surface area contributed by atoms with Crippen molar-refractivity contribution in [1.82, 2.24) is 5.32 Å². The van der Waals surface area contributed by atoms with Crippen LogP contribution in [0.4, 0.5) is 0 Å². The molecule has 0 aliphatic carbocycles. The molecule has 0 saturated carbocycles. The number of thiophene rings is 1. The quantitative estimate of drug-likeness (QED) is 0.897. The molecule has 0 spiro atoms. The molecular formula is C11H18BrNOS. The summed E-state index contributed by atoms with van der Waals surface area (Å²) in [6, 6.07) is 0. The van der Waals surface area contributed by atoms with Crippen LogP contribution in [0.25, 0.3) is 0 Å². The smallest absolute Gasteiger partial charge is 0.101 e. The molecule has 1 aromatic rings. The Morgan fingerprint density at radius 3 is 2.33 bits per heavy atom. The summed E-state index contributed by atoms with van der Waals surface area (Å²) in [6.07, 6.45) is 0. The summed E-state index contributed by atoms with van der Waals surface area (Å²) in [7, 11) is 0. The average molecular weight is 292 g/mol. The van der Waals surface area contributed by atoms with Gasteiger partial charge in [0.05, 0.1) is 0 Å². The van der Waals surface area contributed by atoms with Gasteiger partial charge in [0, 0.05) is 27.5 Å². The van der Waals surface area contributed by atoms with Gasteiger partial charge in [-0.3, -0.25) is 0 Å². The Bertz CT molecular complexity index is 328. The van der Waals surface area contributed by atoms with Gasteiger partial charge in [0.2, 0.25) is 0 Å². The van der Waals surface area contributed by atoms with Crippen LogP contribution >= 0.6 is 27.3 Å². The molecule has 4 heteroatoms. The highest BCUT2D eigenvalue weighted by Gasteiger charge is 2.27. The lowest BCUT2D eigenvalue weighted by atomic mass is 9.97. The fourth-order valence-electron chi connectivity index (χ4n) is 1.20. The average Bonchev–Trinajstić information content (AvgIpc) is 2.47. The molecule has 86 valence electrons. The van der Waals surface area contributed by atoms with Crippen molar-refractivity contribution in [3.8, 4) is 0 Å². The van der Waals surface area contributed by atoms with Gasteiger partial charge in [0.1, 0.15) is 5.60 Å². The first-order chi connectivity index (χ1) is 6.72. The Kier molecular flexibility index (Phi) is 3.98. The molecular weight excluding hydrogens is 274 g/mol. The van der Waals surface area contributed by atoms with E-state index in [4.69, 9.17) is 0 Å². The van der Waals surface area contributed by atoms with Gasteiger partial charge in [0.15, 0.2) is 0 Å². The van der Waals surface area contributed by atoms with Crippen LogP contribution < -0.4 is 5.32 Å². The van der Waals surface area contributed by atoms with E-state index in [1.165, 1.54) is 0 Å². The Balaban J connectivity index is 2.72. The van der Waals surface area contributed by atoms with Crippen LogP contribution in [-0.2, 0) is 5.60 Å². The molecule has 0 amide bonds. The lowest BCUT2D eigenvalue weighted by Crippen LogP contribution is -2.44. The lowest BCUT2D eigenvalue weighted by Gasteiger charge is -2.29. The Morgan fingerprint density at radius 2 is 1.93 bits per heavy atom. The molecule has 0 fully saturated rings. The lowest BCUT2D eigenvalue weighted by molar-refractivity contribution is 0.0499. The topological polar surface area (TPSA) is 32.3 Å². The van der Waals surface area contributed by atoms with Gasteiger partial charge in [-0.2, -0.15) is 11.3 Å². The van der Waals surface area contributed by atoms with Crippen molar-refractivity contribution in [3.05, 3.63) is 20.8 Å². The highest BCUT2D eigenvalue weighted by atomic mass is 79.9. The number of β-amino-alcohol motifs (C(OH)–C–C–N with tert-alkyl or cyclic N) is 1. The molecule has 0 aliphatic heterocycles. The predicted octanol–water partition coefficient (Wildman–Crippen LogP) is 3.11. The predicted molar refractivity (Wildman–Crippen MR) is 69.3 cm³/mol. The number of aliphatic hydroxyl groups is 1. The summed E-state index contributed by atoms with van der Waals surface area (Å²) >= 11 is 5.04. The molecule has 0 bridgehead atoms. The van der Waals surface area contributed by atoms with Gasteiger partial charge in [-0.1, -0.05) is 0 Å². The van der Waals surface area contributed by atoms with E-state index in [9.17, 15) is 5.11 Å². The van der Waals surface area contributed by atoms with Crippen LogP contribution in [0.1, 0.15) is 33.3 Å². The van der Waals surface area contributed by atoms with Gasteiger partial charge >= 0.3 is 0 Å². The van der Waals surface area contributed by atoms with E-state index in [1.54, 1.807) is 11.3 Å². The molecule has 0 aromatic carbocycles.